The quantitative estimate of drug-likeness (QED) is 0.913. The zero-order valence-electron chi connectivity index (χ0n) is 10.6. The number of nitrogens with zero attached hydrogens (tertiary/aromatic N) is 1. The summed E-state index contributed by atoms with van der Waals surface area (Å²) in [7, 11) is 0. The Hall–Kier alpha value is -1.19. The van der Waals surface area contributed by atoms with Crippen LogP contribution in [0, 0.1) is 0 Å². The van der Waals surface area contributed by atoms with Crippen molar-refractivity contribution in [3.8, 4) is 0 Å². The molecule has 2 nitrogen and oxygen atoms in total. The Morgan fingerprint density at radius 3 is 2.33 bits per heavy atom. The van der Waals surface area contributed by atoms with Crippen molar-refractivity contribution in [1.29, 1.82) is 0 Å². The van der Waals surface area contributed by atoms with E-state index in [0.29, 0.717) is 6.04 Å². The maximum Gasteiger partial charge on any atom is 0.0571 e. The molecule has 1 aromatic heterocycles. The van der Waals surface area contributed by atoms with Crippen LogP contribution in [0.5, 0.6) is 0 Å². The van der Waals surface area contributed by atoms with Gasteiger partial charge >= 0.3 is 0 Å². The molecular formula is C15H17BrN2. The molecule has 1 heterocycles. The van der Waals surface area contributed by atoms with E-state index in [1.807, 2.05) is 24.4 Å². The molecule has 0 aliphatic heterocycles. The van der Waals surface area contributed by atoms with Gasteiger partial charge in [-0.1, -0.05) is 30.3 Å². The summed E-state index contributed by atoms with van der Waals surface area (Å²) >= 11 is 3.40. The first-order valence-corrected chi connectivity index (χ1v) is 6.88. The van der Waals surface area contributed by atoms with Crippen LogP contribution in [0.2, 0.25) is 0 Å². The summed E-state index contributed by atoms with van der Waals surface area (Å²) < 4.78 is 1.01. The highest BCUT2D eigenvalue weighted by molar-refractivity contribution is 9.10. The molecule has 0 radical (unpaired) electrons. The summed E-state index contributed by atoms with van der Waals surface area (Å²) in [5.41, 5.74) is 2.35. The number of nitrogens with one attached hydrogen (secondary N) is 1. The normalized spacial score (nSPS) is 14.2. The van der Waals surface area contributed by atoms with E-state index in [0.717, 1.165) is 10.2 Å². The number of pyridine rings is 1. The van der Waals surface area contributed by atoms with Gasteiger partial charge in [0, 0.05) is 22.8 Å². The summed E-state index contributed by atoms with van der Waals surface area (Å²) in [5, 5.41) is 3.55. The summed E-state index contributed by atoms with van der Waals surface area (Å²) in [4.78, 5) is 4.42. The van der Waals surface area contributed by atoms with Crippen LogP contribution in [0.25, 0.3) is 0 Å². The lowest BCUT2D eigenvalue weighted by atomic mass is 10.1. The van der Waals surface area contributed by atoms with Gasteiger partial charge in [0.1, 0.15) is 0 Å². The monoisotopic (exact) mass is 304 g/mol. The highest BCUT2D eigenvalue weighted by atomic mass is 79.9. The van der Waals surface area contributed by atoms with Gasteiger partial charge in [-0.25, -0.2) is 0 Å². The highest BCUT2D eigenvalue weighted by Crippen LogP contribution is 2.18. The second-order valence-electron chi connectivity index (χ2n) is 4.42. The molecule has 0 amide bonds. The van der Waals surface area contributed by atoms with Crippen molar-refractivity contribution in [2.75, 3.05) is 0 Å². The van der Waals surface area contributed by atoms with Crippen molar-refractivity contribution < 1.29 is 0 Å². The van der Waals surface area contributed by atoms with Crippen LogP contribution < -0.4 is 5.32 Å². The lowest BCUT2D eigenvalue weighted by Crippen LogP contribution is -2.23. The van der Waals surface area contributed by atoms with E-state index in [2.05, 4.69) is 64.3 Å². The predicted octanol–water partition coefficient (Wildman–Crippen LogP) is 4.26. The van der Waals surface area contributed by atoms with Gasteiger partial charge in [0.15, 0.2) is 0 Å². The van der Waals surface area contributed by atoms with Gasteiger partial charge in [0.2, 0.25) is 0 Å². The molecule has 94 valence electrons. The first-order chi connectivity index (χ1) is 8.66. The molecular weight excluding hydrogens is 288 g/mol. The molecule has 18 heavy (non-hydrogen) atoms. The molecule has 2 aromatic rings. The van der Waals surface area contributed by atoms with Gasteiger partial charge in [-0.15, -0.1) is 0 Å². The van der Waals surface area contributed by atoms with E-state index in [9.17, 15) is 0 Å². The maximum atomic E-state index is 4.42. The summed E-state index contributed by atoms with van der Waals surface area (Å²) in [6, 6.07) is 15.0. The lowest BCUT2D eigenvalue weighted by Gasteiger charge is -2.20. The molecule has 0 aliphatic rings. The second kappa shape index (κ2) is 6.12. The summed E-state index contributed by atoms with van der Waals surface area (Å²) in [5.74, 6) is 0. The molecule has 3 heteroatoms. The van der Waals surface area contributed by atoms with E-state index in [-0.39, 0.29) is 6.04 Å². The number of rotatable bonds is 4. The Labute approximate surface area is 117 Å². The Morgan fingerprint density at radius 1 is 1.00 bits per heavy atom. The second-order valence-corrected chi connectivity index (χ2v) is 5.34. The highest BCUT2D eigenvalue weighted by Gasteiger charge is 2.11. The lowest BCUT2D eigenvalue weighted by molar-refractivity contribution is 0.486. The number of aromatic nitrogens is 1. The van der Waals surface area contributed by atoms with E-state index in [1.54, 1.807) is 0 Å². The van der Waals surface area contributed by atoms with Crippen molar-refractivity contribution in [2.45, 2.75) is 25.9 Å². The Morgan fingerprint density at radius 2 is 1.72 bits per heavy atom. The Bertz CT molecular complexity index is 482. The minimum atomic E-state index is 0.230. The average Bonchev–Trinajstić information content (AvgIpc) is 2.40. The van der Waals surface area contributed by atoms with Gasteiger partial charge in [0.05, 0.1) is 5.69 Å². The Balaban J connectivity index is 2.03. The maximum absolute atomic E-state index is 4.42. The van der Waals surface area contributed by atoms with Crippen molar-refractivity contribution in [3.63, 3.8) is 0 Å². The molecule has 0 aliphatic carbocycles. The van der Waals surface area contributed by atoms with Gasteiger partial charge in [-0.3, -0.25) is 4.98 Å². The van der Waals surface area contributed by atoms with Crippen molar-refractivity contribution in [2.24, 2.45) is 0 Å². The van der Waals surface area contributed by atoms with Gasteiger partial charge in [-0.2, -0.15) is 0 Å². The molecule has 2 unspecified atom stereocenters. The van der Waals surface area contributed by atoms with Crippen LogP contribution >= 0.6 is 15.9 Å². The van der Waals surface area contributed by atoms with Crippen molar-refractivity contribution in [3.05, 3.63) is 64.4 Å². The third-order valence-electron chi connectivity index (χ3n) is 2.99. The topological polar surface area (TPSA) is 24.9 Å². The minimum Gasteiger partial charge on any atom is -0.302 e. The molecule has 0 bridgehead atoms. The number of halogens is 1. The van der Waals surface area contributed by atoms with Crippen LogP contribution in [-0.2, 0) is 0 Å². The van der Waals surface area contributed by atoms with Crippen LogP contribution in [0.3, 0.4) is 0 Å². The summed E-state index contributed by atoms with van der Waals surface area (Å²) in [6.07, 6.45) is 1.83. The van der Waals surface area contributed by atoms with E-state index in [4.69, 9.17) is 0 Å². The van der Waals surface area contributed by atoms with E-state index in [1.165, 1.54) is 5.56 Å². The zero-order chi connectivity index (χ0) is 13.0. The third-order valence-corrected chi connectivity index (χ3v) is 3.46. The molecule has 0 saturated carbocycles. The van der Waals surface area contributed by atoms with Crippen LogP contribution in [0.1, 0.15) is 37.2 Å². The third kappa shape index (κ3) is 3.40. The van der Waals surface area contributed by atoms with Crippen LogP contribution in [-0.4, -0.2) is 4.98 Å². The predicted molar refractivity (Wildman–Crippen MR) is 78.3 cm³/mol. The molecule has 1 N–H and O–H groups in total. The Kier molecular flexibility index (Phi) is 4.50. The van der Waals surface area contributed by atoms with Crippen LogP contribution in [0.4, 0.5) is 0 Å². The zero-order valence-corrected chi connectivity index (χ0v) is 12.2. The van der Waals surface area contributed by atoms with Gasteiger partial charge < -0.3 is 5.32 Å². The van der Waals surface area contributed by atoms with E-state index >= 15 is 0 Å². The number of hydrogen-bond donors (Lipinski definition) is 1. The first-order valence-electron chi connectivity index (χ1n) is 6.09. The van der Waals surface area contributed by atoms with Crippen LogP contribution in [0.15, 0.2) is 53.1 Å². The molecule has 0 saturated heterocycles. The molecule has 0 fully saturated rings. The van der Waals surface area contributed by atoms with Gasteiger partial charge in [0.25, 0.3) is 0 Å². The summed E-state index contributed by atoms with van der Waals surface area (Å²) in [6.45, 7) is 4.31. The number of hydrogen-bond acceptors (Lipinski definition) is 2. The average molecular weight is 305 g/mol. The van der Waals surface area contributed by atoms with Crippen molar-refractivity contribution >= 4 is 15.9 Å². The van der Waals surface area contributed by atoms with Gasteiger partial charge in [-0.05, 0) is 47.5 Å². The fourth-order valence-electron chi connectivity index (χ4n) is 1.94. The molecule has 1 aromatic carbocycles. The number of benzene rings is 1. The SMILES string of the molecule is CC(NC(C)c1ccc(Br)cn1)c1ccccc1. The minimum absolute atomic E-state index is 0.230. The fraction of sp³-hybridized carbons (Fsp3) is 0.267. The van der Waals surface area contributed by atoms with E-state index < -0.39 is 0 Å². The largest absolute Gasteiger partial charge is 0.302 e. The first kappa shape index (κ1) is 13.2. The molecule has 0 spiro atoms. The standard InChI is InChI=1S/C15H17BrN2/c1-11(13-6-4-3-5-7-13)18-12(2)15-9-8-14(16)10-17-15/h3-12,18H,1-2H3. The molecule has 2 atom stereocenters. The fourth-order valence-corrected chi connectivity index (χ4v) is 2.18. The van der Waals surface area contributed by atoms with Crippen molar-refractivity contribution in [1.82, 2.24) is 10.3 Å². The smallest absolute Gasteiger partial charge is 0.0571 e. The molecule has 2 rings (SSSR count).